The summed E-state index contributed by atoms with van der Waals surface area (Å²) in [5, 5.41) is 1.18. The molecule has 0 amide bonds. The molecule has 0 aliphatic carbocycles. The van der Waals surface area contributed by atoms with Crippen molar-refractivity contribution in [3.63, 3.8) is 0 Å². The van der Waals surface area contributed by atoms with Gasteiger partial charge in [0.2, 0.25) is 0 Å². The maximum absolute atomic E-state index is 11.7. The summed E-state index contributed by atoms with van der Waals surface area (Å²) in [5.74, 6) is -0.423. The third kappa shape index (κ3) is 5.65. The molecule has 1 aromatic rings. The normalized spacial score (nSPS) is 12.6. The van der Waals surface area contributed by atoms with Crippen molar-refractivity contribution >= 4 is 19.5 Å². The number of nitrogens with zero attached hydrogens (tertiary/aromatic N) is 1. The zero-order valence-corrected chi connectivity index (χ0v) is 13.5. The van der Waals surface area contributed by atoms with Crippen LogP contribution in [0.15, 0.2) is 24.3 Å². The number of benzene rings is 1. The number of rotatable bonds is 8. The average molecular weight is 333 g/mol. The molecule has 0 heterocycles. The van der Waals surface area contributed by atoms with Crippen molar-refractivity contribution in [1.29, 1.82) is 0 Å². The van der Waals surface area contributed by atoms with Crippen molar-refractivity contribution in [2.24, 2.45) is 0 Å². The number of hydrogen-bond acceptors (Lipinski definition) is 6. The second-order valence-corrected chi connectivity index (χ2v) is 5.59. The van der Waals surface area contributed by atoms with Crippen LogP contribution in [-0.2, 0) is 18.7 Å². The lowest BCUT2D eigenvalue weighted by Crippen LogP contribution is -2.39. The zero-order chi connectivity index (χ0) is 16.8. The Labute approximate surface area is 128 Å². The van der Waals surface area contributed by atoms with Crippen LogP contribution in [0.25, 0.3) is 0 Å². The molecule has 1 aromatic carbocycles. The van der Waals surface area contributed by atoms with Gasteiger partial charge in [0.25, 0.3) is 0 Å². The molecule has 0 radical (unpaired) electrons. The van der Waals surface area contributed by atoms with Crippen LogP contribution < -0.4 is 9.80 Å². The lowest BCUT2D eigenvalue weighted by Gasteiger charge is -2.27. The van der Waals surface area contributed by atoms with E-state index in [-0.39, 0.29) is 0 Å². The molecule has 0 fully saturated rings. The van der Waals surface area contributed by atoms with Gasteiger partial charge in [0.05, 0.1) is 19.4 Å². The number of hydroxylamine groups is 1. The highest BCUT2D eigenvalue weighted by molar-refractivity contribution is 7.46. The van der Waals surface area contributed by atoms with Crippen LogP contribution >= 0.6 is 7.82 Å². The maximum atomic E-state index is 11.7. The highest BCUT2D eigenvalue weighted by Gasteiger charge is 2.29. The number of carbonyl (C=O) groups is 1. The second kappa shape index (κ2) is 8.14. The molecule has 1 rings (SSSR count). The van der Waals surface area contributed by atoms with E-state index in [1.54, 1.807) is 24.3 Å². The fraction of sp³-hybridized carbons (Fsp3) is 0.462. The van der Waals surface area contributed by atoms with E-state index < -0.39 is 19.8 Å². The Hall–Kier alpha value is -1.60. The van der Waals surface area contributed by atoms with Gasteiger partial charge >= 0.3 is 13.8 Å². The van der Waals surface area contributed by atoms with E-state index >= 15 is 0 Å². The molecule has 0 unspecified atom stereocenters. The number of carbonyl (C=O) groups excluding carboxylic acids is 1. The molecule has 22 heavy (non-hydrogen) atoms. The van der Waals surface area contributed by atoms with E-state index in [0.29, 0.717) is 18.0 Å². The molecule has 124 valence electrons. The van der Waals surface area contributed by atoms with E-state index in [4.69, 9.17) is 19.4 Å². The molecule has 0 aliphatic rings. The average Bonchev–Trinajstić information content (AvgIpc) is 2.45. The maximum Gasteiger partial charge on any atom is 0.527 e. The molecule has 9 heteroatoms. The summed E-state index contributed by atoms with van der Waals surface area (Å²) >= 11 is 0. The minimum absolute atomic E-state index is 0.515. The number of phosphoric ester groups is 1. The first-order valence-corrected chi connectivity index (χ1v) is 8.16. The van der Waals surface area contributed by atoms with Crippen LogP contribution in [-0.4, -0.2) is 35.5 Å². The molecule has 8 nitrogen and oxygen atoms in total. The van der Waals surface area contributed by atoms with Gasteiger partial charge in [-0.1, -0.05) is 6.92 Å². The van der Waals surface area contributed by atoms with Crippen molar-refractivity contribution < 1.29 is 33.2 Å². The molecule has 1 atom stereocenters. The van der Waals surface area contributed by atoms with Gasteiger partial charge in [0, 0.05) is 0 Å². The topological polar surface area (TPSA) is 106 Å². The van der Waals surface area contributed by atoms with Gasteiger partial charge in [-0.3, -0.25) is 14.6 Å². The Kier molecular flexibility index (Phi) is 6.83. The van der Waals surface area contributed by atoms with Crippen LogP contribution in [0.2, 0.25) is 0 Å². The first kappa shape index (κ1) is 18.4. The Balaban J connectivity index is 2.82. The molecule has 0 bridgehead atoms. The summed E-state index contributed by atoms with van der Waals surface area (Å²) < 4.78 is 20.2. The summed E-state index contributed by atoms with van der Waals surface area (Å²) in [7, 11) is -3.55. The minimum Gasteiger partial charge on any atom is -0.494 e. The van der Waals surface area contributed by atoms with E-state index in [1.807, 2.05) is 6.92 Å². The predicted octanol–water partition coefficient (Wildman–Crippen LogP) is 1.87. The van der Waals surface area contributed by atoms with E-state index in [1.165, 1.54) is 19.1 Å². The molecule has 0 aromatic heterocycles. The first-order valence-electron chi connectivity index (χ1n) is 6.63. The van der Waals surface area contributed by atoms with E-state index in [9.17, 15) is 9.36 Å². The summed E-state index contributed by atoms with van der Waals surface area (Å²) in [5.41, 5.74) is 0.515. The number of ether oxygens (including phenoxy) is 1. The van der Waals surface area contributed by atoms with E-state index in [2.05, 4.69) is 4.52 Å². The van der Waals surface area contributed by atoms with Gasteiger partial charge in [-0.2, -0.15) is 0 Å². The van der Waals surface area contributed by atoms with Gasteiger partial charge < -0.3 is 9.26 Å². The SMILES string of the molecule is CCCOc1ccc(N(OC)[C@@H](C)C(=O)OP(=O)(O)O)cc1. The highest BCUT2D eigenvalue weighted by Crippen LogP contribution is 2.37. The summed E-state index contributed by atoms with van der Waals surface area (Å²) in [6.45, 7) is 4.00. The third-order valence-electron chi connectivity index (χ3n) is 2.66. The molecule has 0 aliphatic heterocycles. The molecule has 0 saturated carbocycles. The Morgan fingerprint density at radius 1 is 1.32 bits per heavy atom. The van der Waals surface area contributed by atoms with Crippen LogP contribution in [0.1, 0.15) is 20.3 Å². The van der Waals surface area contributed by atoms with Crippen molar-refractivity contribution in [2.45, 2.75) is 26.3 Å². The molecule has 0 spiro atoms. The molecular formula is C13H20NO7P. The van der Waals surface area contributed by atoms with Crippen LogP contribution in [0, 0.1) is 0 Å². The van der Waals surface area contributed by atoms with E-state index in [0.717, 1.165) is 6.42 Å². The smallest absolute Gasteiger partial charge is 0.494 e. The lowest BCUT2D eigenvalue weighted by molar-refractivity contribution is -0.138. The van der Waals surface area contributed by atoms with Gasteiger partial charge in [-0.25, -0.2) is 14.4 Å². The van der Waals surface area contributed by atoms with Crippen LogP contribution in [0.4, 0.5) is 5.69 Å². The Bertz CT molecular complexity index is 528. The van der Waals surface area contributed by atoms with Gasteiger partial charge in [-0.15, -0.1) is 0 Å². The summed E-state index contributed by atoms with van der Waals surface area (Å²) in [6.07, 6.45) is 0.886. The Morgan fingerprint density at radius 3 is 2.36 bits per heavy atom. The standard InChI is InChI=1S/C13H20NO7P/c1-4-9-20-12-7-5-11(6-8-12)14(19-3)10(2)13(15)21-22(16,17)18/h5-8,10H,4,9H2,1-3H3,(H2,16,17,18)/t10-/m0/s1. The monoisotopic (exact) mass is 333 g/mol. The fourth-order valence-corrected chi connectivity index (χ4v) is 2.07. The largest absolute Gasteiger partial charge is 0.527 e. The molecule has 0 saturated heterocycles. The quantitative estimate of drug-likeness (QED) is 0.549. The lowest BCUT2D eigenvalue weighted by atomic mass is 10.2. The zero-order valence-electron chi connectivity index (χ0n) is 12.6. The van der Waals surface area contributed by atoms with Crippen molar-refractivity contribution in [3.05, 3.63) is 24.3 Å². The minimum atomic E-state index is -4.89. The van der Waals surface area contributed by atoms with Gasteiger partial charge in [0.1, 0.15) is 5.75 Å². The second-order valence-electron chi connectivity index (χ2n) is 4.43. The van der Waals surface area contributed by atoms with Gasteiger partial charge in [-0.05, 0) is 37.6 Å². The van der Waals surface area contributed by atoms with Crippen LogP contribution in [0.3, 0.4) is 0 Å². The molecular weight excluding hydrogens is 313 g/mol. The van der Waals surface area contributed by atoms with Crippen molar-refractivity contribution in [3.8, 4) is 5.75 Å². The predicted molar refractivity (Wildman–Crippen MR) is 79.3 cm³/mol. The summed E-state index contributed by atoms with van der Waals surface area (Å²) in [4.78, 5) is 34.1. The van der Waals surface area contributed by atoms with Crippen molar-refractivity contribution in [1.82, 2.24) is 0 Å². The van der Waals surface area contributed by atoms with Gasteiger partial charge in [0.15, 0.2) is 6.04 Å². The number of phosphoric acid groups is 1. The number of anilines is 1. The van der Waals surface area contributed by atoms with Crippen LogP contribution in [0.5, 0.6) is 5.75 Å². The number of hydrogen-bond donors (Lipinski definition) is 2. The third-order valence-corrected chi connectivity index (χ3v) is 3.08. The summed E-state index contributed by atoms with van der Waals surface area (Å²) in [6, 6.07) is 5.70. The fourth-order valence-electron chi connectivity index (χ4n) is 1.69. The highest BCUT2D eigenvalue weighted by atomic mass is 31.2. The Morgan fingerprint density at radius 2 is 1.91 bits per heavy atom. The molecule has 2 N–H and O–H groups in total. The van der Waals surface area contributed by atoms with Crippen molar-refractivity contribution in [2.75, 3.05) is 18.8 Å². The first-order chi connectivity index (χ1) is 10.3.